The van der Waals surface area contributed by atoms with Gasteiger partial charge in [0.15, 0.2) is 5.82 Å². The van der Waals surface area contributed by atoms with Gasteiger partial charge < -0.3 is 16.0 Å². The molecule has 0 saturated carbocycles. The molecule has 1 fully saturated rings. The Balaban J connectivity index is 1.74. The van der Waals surface area contributed by atoms with Gasteiger partial charge in [-0.15, -0.1) is 0 Å². The van der Waals surface area contributed by atoms with Gasteiger partial charge in [-0.3, -0.25) is 19.2 Å². The predicted molar refractivity (Wildman–Crippen MR) is 136 cm³/mol. The van der Waals surface area contributed by atoms with E-state index in [0.29, 0.717) is 35.7 Å². The number of rotatable bonds is 10. The lowest BCUT2D eigenvalue weighted by Crippen LogP contribution is -2.33. The van der Waals surface area contributed by atoms with E-state index in [9.17, 15) is 22.8 Å². The van der Waals surface area contributed by atoms with E-state index >= 15 is 0 Å². The van der Waals surface area contributed by atoms with E-state index in [2.05, 4.69) is 37.9 Å². The van der Waals surface area contributed by atoms with Crippen LogP contribution in [0.5, 0.6) is 0 Å². The summed E-state index contributed by atoms with van der Waals surface area (Å²) in [5.41, 5.74) is 1.37. The van der Waals surface area contributed by atoms with Crippen molar-refractivity contribution in [2.45, 2.75) is 45.8 Å². The number of carbonyl (C=O) groups is 2. The molecular weight excluding hydrogens is 489 g/mol. The van der Waals surface area contributed by atoms with Crippen LogP contribution in [0, 0.1) is 0 Å². The van der Waals surface area contributed by atoms with Crippen LogP contribution in [-0.4, -0.2) is 64.1 Å². The van der Waals surface area contributed by atoms with Crippen molar-refractivity contribution in [3.05, 3.63) is 41.9 Å². The van der Waals surface area contributed by atoms with Crippen LogP contribution in [0.25, 0.3) is 0 Å². The van der Waals surface area contributed by atoms with Crippen LogP contribution in [0.1, 0.15) is 39.2 Å². The Hall–Kier alpha value is -3.74. The number of anilines is 3. The van der Waals surface area contributed by atoms with E-state index in [1.807, 2.05) is 0 Å². The molecule has 1 aliphatic rings. The van der Waals surface area contributed by atoms with E-state index in [4.69, 9.17) is 0 Å². The minimum atomic E-state index is -4.38. The topological polar surface area (TPSA) is 117 Å². The van der Waals surface area contributed by atoms with E-state index in [1.54, 1.807) is 38.1 Å². The quantitative estimate of drug-likeness (QED) is 0.327. The molecule has 0 radical (unpaired) electrons. The van der Waals surface area contributed by atoms with Gasteiger partial charge in [-0.2, -0.15) is 18.3 Å². The minimum Gasteiger partial charge on any atom is -0.361 e. The number of carbonyl (C=O) groups excluding carboxylic acids is 2. The smallest absolute Gasteiger partial charge is 0.361 e. The molecule has 2 aromatic heterocycles. The number of nitrogens with one attached hydrogen (secondary N) is 3. The maximum Gasteiger partial charge on any atom is 0.405 e. The number of aliphatic imine (C=N–C) groups is 1. The number of nitrogens with zero attached hydrogens (tertiary/aromatic N) is 5. The van der Waals surface area contributed by atoms with Crippen LogP contribution < -0.4 is 20.9 Å². The van der Waals surface area contributed by atoms with Crippen LogP contribution in [0.15, 0.2) is 41.3 Å². The first kappa shape index (κ1) is 27.8. The number of pyridine rings is 1. The first-order valence-electron chi connectivity index (χ1n) is 11.9. The Labute approximate surface area is 213 Å². The van der Waals surface area contributed by atoms with Gasteiger partial charge in [0, 0.05) is 43.5 Å². The summed E-state index contributed by atoms with van der Waals surface area (Å²) in [5.74, 6) is -0.214. The Morgan fingerprint density at radius 3 is 2.78 bits per heavy atom. The SMILES string of the molecule is CC=C(N=C(C)c1ccnc(NCC(F)(F)F)c1)C(=O)Nc1cn(C)nc1N1CC(NCCC)CC1=O. The molecule has 3 rings (SSSR count). The number of aryl methyl sites for hydroxylation is 1. The van der Waals surface area contributed by atoms with Gasteiger partial charge in [-0.05, 0) is 38.9 Å². The van der Waals surface area contributed by atoms with Gasteiger partial charge in [-0.25, -0.2) is 9.98 Å². The van der Waals surface area contributed by atoms with Crippen molar-refractivity contribution < 1.29 is 22.8 Å². The molecule has 13 heteroatoms. The molecule has 1 aliphatic heterocycles. The van der Waals surface area contributed by atoms with Crippen LogP contribution >= 0.6 is 0 Å². The lowest BCUT2D eigenvalue weighted by Gasteiger charge is -2.16. The number of hydrogen-bond donors (Lipinski definition) is 3. The first-order chi connectivity index (χ1) is 17.5. The maximum atomic E-state index is 13.1. The molecule has 2 amide bonds. The molecule has 3 heterocycles. The van der Waals surface area contributed by atoms with Crippen LogP contribution in [0.3, 0.4) is 0 Å². The summed E-state index contributed by atoms with van der Waals surface area (Å²) in [6.07, 6.45) is 1.41. The molecule has 1 atom stereocenters. The van der Waals surface area contributed by atoms with Crippen molar-refractivity contribution in [3.63, 3.8) is 0 Å². The molecular formula is C24H31F3N8O2. The summed E-state index contributed by atoms with van der Waals surface area (Å²) in [7, 11) is 1.69. The van der Waals surface area contributed by atoms with E-state index in [-0.39, 0.29) is 23.5 Å². The molecule has 3 N–H and O–H groups in total. The third-order valence-electron chi connectivity index (χ3n) is 5.56. The van der Waals surface area contributed by atoms with Crippen molar-refractivity contribution in [1.82, 2.24) is 20.1 Å². The van der Waals surface area contributed by atoms with Gasteiger partial charge in [0.05, 0.1) is 6.20 Å². The summed E-state index contributed by atoms with van der Waals surface area (Å²) < 4.78 is 39.0. The monoisotopic (exact) mass is 520 g/mol. The number of hydrogen-bond acceptors (Lipinski definition) is 7. The fourth-order valence-corrected chi connectivity index (χ4v) is 3.78. The highest BCUT2D eigenvalue weighted by Crippen LogP contribution is 2.28. The van der Waals surface area contributed by atoms with E-state index < -0.39 is 18.6 Å². The highest BCUT2D eigenvalue weighted by atomic mass is 19.4. The Morgan fingerprint density at radius 1 is 1.35 bits per heavy atom. The normalized spacial score (nSPS) is 16.9. The Bertz CT molecular complexity index is 1190. The molecule has 0 aromatic carbocycles. The summed E-state index contributed by atoms with van der Waals surface area (Å²) in [4.78, 5) is 35.5. The molecule has 10 nitrogen and oxygen atoms in total. The van der Waals surface area contributed by atoms with Crippen molar-refractivity contribution in [3.8, 4) is 0 Å². The zero-order valence-electron chi connectivity index (χ0n) is 21.2. The van der Waals surface area contributed by atoms with E-state index in [0.717, 1.165) is 13.0 Å². The van der Waals surface area contributed by atoms with Crippen LogP contribution in [-0.2, 0) is 16.6 Å². The van der Waals surface area contributed by atoms with Gasteiger partial charge >= 0.3 is 6.18 Å². The summed E-state index contributed by atoms with van der Waals surface area (Å²) in [5, 5.41) is 12.7. The number of allylic oxidation sites excluding steroid dienone is 1. The predicted octanol–water partition coefficient (Wildman–Crippen LogP) is 3.25. The van der Waals surface area contributed by atoms with Crippen molar-refractivity contribution in [2.24, 2.45) is 12.0 Å². The highest BCUT2D eigenvalue weighted by molar-refractivity contribution is 6.10. The molecule has 1 saturated heterocycles. The van der Waals surface area contributed by atoms with E-state index in [1.165, 1.54) is 23.0 Å². The largest absolute Gasteiger partial charge is 0.405 e. The fourth-order valence-electron chi connectivity index (χ4n) is 3.78. The lowest BCUT2D eigenvalue weighted by atomic mass is 10.1. The van der Waals surface area contributed by atoms with Gasteiger partial charge in [-0.1, -0.05) is 13.0 Å². The minimum absolute atomic E-state index is 0.00670. The second-order valence-electron chi connectivity index (χ2n) is 8.62. The van der Waals surface area contributed by atoms with Crippen LogP contribution in [0.4, 0.5) is 30.5 Å². The van der Waals surface area contributed by atoms with Crippen molar-refractivity contribution in [1.29, 1.82) is 0 Å². The van der Waals surface area contributed by atoms with Gasteiger partial charge in [0.2, 0.25) is 5.91 Å². The fraction of sp³-hybridized carbons (Fsp3) is 0.458. The average Bonchev–Trinajstić information content (AvgIpc) is 3.40. The standard InChI is InChI=1S/C24H31F3N8O2/c1-5-8-28-17-11-21(36)35(12-17)22-19(13-34(4)33-22)32-23(37)18(6-2)31-15(3)16-7-9-29-20(10-16)30-14-24(25,26)27/h6-7,9-10,13,17,28H,5,8,11-12,14H2,1-4H3,(H,29,30)(H,32,37). The zero-order chi connectivity index (χ0) is 27.2. The highest BCUT2D eigenvalue weighted by Gasteiger charge is 2.33. The lowest BCUT2D eigenvalue weighted by molar-refractivity contribution is -0.117. The molecule has 0 bridgehead atoms. The number of halogens is 3. The average molecular weight is 521 g/mol. The maximum absolute atomic E-state index is 13.1. The molecule has 37 heavy (non-hydrogen) atoms. The second kappa shape index (κ2) is 12.0. The number of amides is 2. The zero-order valence-corrected chi connectivity index (χ0v) is 21.2. The molecule has 2 aromatic rings. The second-order valence-corrected chi connectivity index (χ2v) is 8.62. The van der Waals surface area contributed by atoms with Crippen molar-refractivity contribution in [2.75, 3.05) is 35.2 Å². The third-order valence-corrected chi connectivity index (χ3v) is 5.56. The van der Waals surface area contributed by atoms with Crippen molar-refractivity contribution >= 4 is 34.8 Å². The molecule has 0 aliphatic carbocycles. The summed E-state index contributed by atoms with van der Waals surface area (Å²) in [6, 6.07) is 3.02. The van der Waals surface area contributed by atoms with Crippen LogP contribution in [0.2, 0.25) is 0 Å². The van der Waals surface area contributed by atoms with Gasteiger partial charge in [0.25, 0.3) is 5.91 Å². The summed E-state index contributed by atoms with van der Waals surface area (Å²) >= 11 is 0. The molecule has 200 valence electrons. The summed E-state index contributed by atoms with van der Waals surface area (Å²) in [6.45, 7) is 5.37. The number of aromatic nitrogens is 3. The van der Waals surface area contributed by atoms with Gasteiger partial charge in [0.1, 0.15) is 23.7 Å². The Morgan fingerprint density at radius 2 is 2.11 bits per heavy atom. The molecule has 0 spiro atoms. The third kappa shape index (κ3) is 7.62. The Kier molecular flexibility index (Phi) is 9.03. The molecule has 1 unspecified atom stereocenters. The number of alkyl halides is 3. The first-order valence-corrected chi connectivity index (χ1v) is 11.9.